The van der Waals surface area contributed by atoms with Gasteiger partial charge in [-0.2, -0.15) is 13.2 Å². The second-order valence-electron chi connectivity index (χ2n) is 4.77. The van der Waals surface area contributed by atoms with Crippen LogP contribution in [0.5, 0.6) is 0 Å². The Balaban J connectivity index is 2.58. The van der Waals surface area contributed by atoms with Gasteiger partial charge in [0.15, 0.2) is 0 Å². The fourth-order valence-electron chi connectivity index (χ4n) is 2.37. The number of methoxy groups -OCH3 is 1. The molecule has 0 heterocycles. The number of halogens is 4. The lowest BCUT2D eigenvalue weighted by atomic mass is 9.78. The summed E-state index contributed by atoms with van der Waals surface area (Å²) in [7, 11) is 1.19. The normalized spacial score (nSPS) is 24.9. The molecule has 1 saturated carbocycles. The van der Waals surface area contributed by atoms with Gasteiger partial charge in [0.25, 0.3) is 0 Å². The predicted molar refractivity (Wildman–Crippen MR) is 69.2 cm³/mol. The van der Waals surface area contributed by atoms with Crippen molar-refractivity contribution in [2.24, 2.45) is 11.8 Å². The third-order valence-electron chi connectivity index (χ3n) is 3.44. The molecule has 0 spiro atoms. The highest BCUT2D eigenvalue weighted by Gasteiger charge is 2.48. The summed E-state index contributed by atoms with van der Waals surface area (Å²) in [6.07, 6.45) is -3.06. The Morgan fingerprint density at radius 3 is 2.50 bits per heavy atom. The summed E-state index contributed by atoms with van der Waals surface area (Å²) in [6.45, 7) is -0.0907. The van der Waals surface area contributed by atoms with Crippen molar-refractivity contribution in [1.82, 2.24) is 5.32 Å². The molecule has 3 atom stereocenters. The zero-order valence-electron chi connectivity index (χ0n) is 11.0. The third kappa shape index (κ3) is 4.64. The Hall–Kier alpha value is -0.790. The number of hydrogen-bond donors (Lipinski definition) is 1. The minimum Gasteiger partial charge on any atom is -0.468 e. The molecule has 0 aromatic rings. The van der Waals surface area contributed by atoms with Crippen LogP contribution < -0.4 is 5.32 Å². The van der Waals surface area contributed by atoms with Crippen LogP contribution in [0.15, 0.2) is 0 Å². The average molecular weight is 360 g/mol. The largest absolute Gasteiger partial charge is 0.468 e. The van der Waals surface area contributed by atoms with E-state index in [4.69, 9.17) is 0 Å². The molecule has 20 heavy (non-hydrogen) atoms. The fraction of sp³-hybridized carbons (Fsp3) is 0.833. The van der Waals surface area contributed by atoms with Gasteiger partial charge in [-0.1, -0.05) is 28.8 Å². The molecular formula is C12H17BrF3NO3. The highest BCUT2D eigenvalue weighted by atomic mass is 79.9. The molecular weight excluding hydrogens is 343 g/mol. The number of amides is 1. The van der Waals surface area contributed by atoms with Gasteiger partial charge in [0.05, 0.1) is 13.0 Å². The van der Waals surface area contributed by atoms with Gasteiger partial charge in [0.2, 0.25) is 5.91 Å². The smallest absolute Gasteiger partial charge is 0.392 e. The number of ether oxygens (including phenoxy) is 1. The Morgan fingerprint density at radius 2 is 1.95 bits per heavy atom. The molecule has 8 heteroatoms. The predicted octanol–water partition coefficient (Wildman–Crippen LogP) is 2.41. The molecule has 1 fully saturated rings. The van der Waals surface area contributed by atoms with E-state index in [0.29, 0.717) is 12.8 Å². The third-order valence-corrected chi connectivity index (χ3v) is 4.13. The highest BCUT2D eigenvalue weighted by Crippen LogP contribution is 2.41. The van der Waals surface area contributed by atoms with Crippen LogP contribution in [0.4, 0.5) is 13.2 Å². The summed E-state index contributed by atoms with van der Waals surface area (Å²) in [5, 5.41) is 2.38. The van der Waals surface area contributed by atoms with E-state index in [1.165, 1.54) is 7.11 Å². The second kappa shape index (κ2) is 7.28. The number of hydrogen-bond acceptors (Lipinski definition) is 3. The number of rotatable bonds is 4. The molecule has 4 nitrogen and oxygen atoms in total. The SMILES string of the molecule is COC(=O)C(Br)CNC(=O)C1CCCCC1C(F)(F)F. The van der Waals surface area contributed by atoms with Crippen LogP contribution in [-0.4, -0.2) is 36.5 Å². The van der Waals surface area contributed by atoms with E-state index in [1.54, 1.807) is 0 Å². The van der Waals surface area contributed by atoms with Crippen LogP contribution >= 0.6 is 15.9 Å². The van der Waals surface area contributed by atoms with E-state index in [2.05, 4.69) is 26.0 Å². The maximum atomic E-state index is 12.9. The molecule has 1 aliphatic rings. The summed E-state index contributed by atoms with van der Waals surface area (Å²) in [5.41, 5.74) is 0. The molecule has 1 amide bonds. The first-order valence-electron chi connectivity index (χ1n) is 6.33. The van der Waals surface area contributed by atoms with E-state index >= 15 is 0 Å². The number of carbonyl (C=O) groups excluding carboxylic acids is 2. The number of alkyl halides is 4. The fourth-order valence-corrected chi connectivity index (χ4v) is 2.72. The number of carbonyl (C=O) groups is 2. The van der Waals surface area contributed by atoms with Gasteiger partial charge >= 0.3 is 12.1 Å². The molecule has 0 radical (unpaired) electrons. The van der Waals surface area contributed by atoms with Gasteiger partial charge in [-0.05, 0) is 12.8 Å². The Labute approximate surface area is 123 Å². The zero-order chi connectivity index (χ0) is 15.3. The Kier molecular flexibility index (Phi) is 6.29. The summed E-state index contributed by atoms with van der Waals surface area (Å²) in [6, 6.07) is 0. The molecule has 3 unspecified atom stereocenters. The van der Waals surface area contributed by atoms with Crippen molar-refractivity contribution in [3.8, 4) is 0 Å². The molecule has 0 bridgehead atoms. The van der Waals surface area contributed by atoms with E-state index in [-0.39, 0.29) is 19.4 Å². The Bertz CT molecular complexity index is 362. The Morgan fingerprint density at radius 1 is 1.35 bits per heavy atom. The van der Waals surface area contributed by atoms with Gasteiger partial charge in [-0.3, -0.25) is 9.59 Å². The van der Waals surface area contributed by atoms with E-state index < -0.39 is 34.7 Å². The van der Waals surface area contributed by atoms with Crippen molar-refractivity contribution in [2.75, 3.05) is 13.7 Å². The molecule has 0 aromatic carbocycles. The average Bonchev–Trinajstić information content (AvgIpc) is 2.42. The van der Waals surface area contributed by atoms with Crippen LogP contribution in [0, 0.1) is 11.8 Å². The molecule has 0 aliphatic heterocycles. The molecule has 1 rings (SSSR count). The van der Waals surface area contributed by atoms with Crippen molar-refractivity contribution in [1.29, 1.82) is 0 Å². The molecule has 0 saturated heterocycles. The van der Waals surface area contributed by atoms with Crippen LogP contribution in [0.25, 0.3) is 0 Å². The molecule has 1 N–H and O–H groups in total. The quantitative estimate of drug-likeness (QED) is 0.619. The summed E-state index contributed by atoms with van der Waals surface area (Å²) in [4.78, 5) is 22.3. The lowest BCUT2D eigenvalue weighted by molar-refractivity contribution is -0.198. The first-order chi connectivity index (χ1) is 9.27. The van der Waals surface area contributed by atoms with Crippen LogP contribution in [0.1, 0.15) is 25.7 Å². The molecule has 116 valence electrons. The highest BCUT2D eigenvalue weighted by molar-refractivity contribution is 9.10. The number of esters is 1. The summed E-state index contributed by atoms with van der Waals surface area (Å²) in [5.74, 6) is -3.90. The van der Waals surface area contributed by atoms with E-state index in [0.717, 1.165) is 0 Å². The van der Waals surface area contributed by atoms with E-state index in [1.807, 2.05) is 0 Å². The second-order valence-corrected chi connectivity index (χ2v) is 5.88. The minimum atomic E-state index is -4.36. The van der Waals surface area contributed by atoms with Crippen molar-refractivity contribution in [3.63, 3.8) is 0 Å². The van der Waals surface area contributed by atoms with Crippen molar-refractivity contribution < 1.29 is 27.5 Å². The zero-order valence-corrected chi connectivity index (χ0v) is 12.6. The number of nitrogens with one attached hydrogen (secondary N) is 1. The van der Waals surface area contributed by atoms with Crippen LogP contribution in [0.2, 0.25) is 0 Å². The minimum absolute atomic E-state index is 0.0175. The van der Waals surface area contributed by atoms with Crippen molar-refractivity contribution in [3.05, 3.63) is 0 Å². The van der Waals surface area contributed by atoms with Crippen LogP contribution in [0.3, 0.4) is 0 Å². The van der Waals surface area contributed by atoms with E-state index in [9.17, 15) is 22.8 Å². The van der Waals surface area contributed by atoms with Crippen LogP contribution in [-0.2, 0) is 14.3 Å². The van der Waals surface area contributed by atoms with Crippen molar-refractivity contribution >= 4 is 27.8 Å². The van der Waals surface area contributed by atoms with Gasteiger partial charge in [-0.25, -0.2) is 0 Å². The monoisotopic (exact) mass is 359 g/mol. The molecule has 1 aliphatic carbocycles. The summed E-state index contributed by atoms with van der Waals surface area (Å²) < 4.78 is 43.1. The van der Waals surface area contributed by atoms with Crippen molar-refractivity contribution in [2.45, 2.75) is 36.7 Å². The standard InChI is InChI=1S/C12H17BrF3NO3/c1-20-11(19)9(13)6-17-10(18)7-4-2-3-5-8(7)12(14,15)16/h7-9H,2-6H2,1H3,(H,17,18). The lowest BCUT2D eigenvalue weighted by Gasteiger charge is -2.32. The molecule has 0 aromatic heterocycles. The maximum absolute atomic E-state index is 12.9. The van der Waals surface area contributed by atoms with Gasteiger partial charge in [0.1, 0.15) is 4.83 Å². The van der Waals surface area contributed by atoms with Gasteiger partial charge in [0, 0.05) is 12.5 Å². The lowest BCUT2D eigenvalue weighted by Crippen LogP contribution is -2.44. The van der Waals surface area contributed by atoms with Gasteiger partial charge in [-0.15, -0.1) is 0 Å². The topological polar surface area (TPSA) is 55.4 Å². The summed E-state index contributed by atoms with van der Waals surface area (Å²) >= 11 is 3.00. The first-order valence-corrected chi connectivity index (χ1v) is 7.25. The maximum Gasteiger partial charge on any atom is 0.392 e. The van der Waals surface area contributed by atoms with Gasteiger partial charge < -0.3 is 10.1 Å². The first kappa shape index (κ1) is 17.3.